The fraction of sp³-hybridized carbons (Fsp3) is 0.933. The second-order valence-corrected chi connectivity index (χ2v) is 6.10. The van der Waals surface area contributed by atoms with Gasteiger partial charge in [-0.1, -0.05) is 6.92 Å². The molecule has 0 aromatic heterocycles. The number of nitrogens with one attached hydrogen (secondary N) is 1. The Bertz CT molecular complexity index is 309. The van der Waals surface area contributed by atoms with Crippen LogP contribution in [0.4, 0.5) is 0 Å². The van der Waals surface area contributed by atoms with E-state index in [2.05, 4.69) is 30.1 Å². The van der Waals surface area contributed by atoms with Crippen molar-refractivity contribution >= 4 is 0 Å². The molecule has 0 radical (unpaired) electrons. The maximum atomic E-state index is 9.56. The topological polar surface area (TPSA) is 39.1 Å². The molecule has 1 aliphatic heterocycles. The molecule has 0 aromatic rings. The Morgan fingerprint density at radius 3 is 2.83 bits per heavy atom. The summed E-state index contributed by atoms with van der Waals surface area (Å²) in [6.45, 7) is 6.72. The Morgan fingerprint density at radius 1 is 1.39 bits per heavy atom. The predicted molar refractivity (Wildman–Crippen MR) is 74.3 cm³/mol. The fourth-order valence-electron chi connectivity index (χ4n) is 3.69. The van der Waals surface area contributed by atoms with Crippen LogP contribution in [0.1, 0.15) is 58.8 Å². The highest BCUT2D eigenvalue weighted by molar-refractivity contribution is 5.11. The average Bonchev–Trinajstić information content (AvgIpc) is 2.83. The minimum Gasteiger partial charge on any atom is -0.299 e. The Morgan fingerprint density at radius 2 is 2.22 bits per heavy atom. The van der Waals surface area contributed by atoms with Gasteiger partial charge in [-0.3, -0.25) is 10.2 Å². The van der Waals surface area contributed by atoms with Crippen molar-refractivity contribution in [3.05, 3.63) is 0 Å². The number of hydrogen-bond acceptors (Lipinski definition) is 3. The van der Waals surface area contributed by atoms with Crippen molar-refractivity contribution in [1.29, 1.82) is 5.26 Å². The highest BCUT2D eigenvalue weighted by atomic mass is 15.2. The number of rotatable bonds is 4. The van der Waals surface area contributed by atoms with Crippen LogP contribution in [0.15, 0.2) is 0 Å². The van der Waals surface area contributed by atoms with Crippen molar-refractivity contribution in [3.8, 4) is 6.07 Å². The Hall–Kier alpha value is -0.590. The maximum Gasteiger partial charge on any atom is 0.108 e. The van der Waals surface area contributed by atoms with Crippen LogP contribution in [0.3, 0.4) is 0 Å². The second-order valence-electron chi connectivity index (χ2n) is 6.10. The first-order valence-corrected chi connectivity index (χ1v) is 7.63. The van der Waals surface area contributed by atoms with Gasteiger partial charge in [0.15, 0.2) is 0 Å². The van der Waals surface area contributed by atoms with Gasteiger partial charge >= 0.3 is 0 Å². The summed E-state index contributed by atoms with van der Waals surface area (Å²) in [7, 11) is 0. The van der Waals surface area contributed by atoms with Gasteiger partial charge in [0.05, 0.1) is 6.07 Å². The van der Waals surface area contributed by atoms with Crippen molar-refractivity contribution in [2.75, 3.05) is 13.1 Å². The zero-order valence-corrected chi connectivity index (χ0v) is 11.9. The molecule has 1 N–H and O–H groups in total. The lowest BCUT2D eigenvalue weighted by Gasteiger charge is -2.42. The molecule has 2 fully saturated rings. The Balaban J connectivity index is 2.00. The predicted octanol–water partition coefficient (Wildman–Crippen LogP) is 2.68. The molecular weight excluding hydrogens is 222 g/mol. The van der Waals surface area contributed by atoms with E-state index in [1.54, 1.807) is 0 Å². The van der Waals surface area contributed by atoms with Crippen molar-refractivity contribution in [2.24, 2.45) is 0 Å². The van der Waals surface area contributed by atoms with Crippen molar-refractivity contribution in [2.45, 2.75) is 76.4 Å². The summed E-state index contributed by atoms with van der Waals surface area (Å²) in [6, 6.07) is 3.93. The zero-order valence-electron chi connectivity index (χ0n) is 11.9. The molecule has 3 heteroatoms. The summed E-state index contributed by atoms with van der Waals surface area (Å²) in [4.78, 5) is 2.65. The minimum absolute atomic E-state index is 0.249. The van der Waals surface area contributed by atoms with Crippen LogP contribution < -0.4 is 5.32 Å². The van der Waals surface area contributed by atoms with Crippen LogP contribution in [0.25, 0.3) is 0 Å². The molecule has 0 amide bonds. The molecule has 102 valence electrons. The molecule has 1 aliphatic carbocycles. The van der Waals surface area contributed by atoms with E-state index in [1.165, 1.54) is 32.2 Å². The first-order chi connectivity index (χ1) is 8.71. The lowest BCUT2D eigenvalue weighted by atomic mass is 9.79. The van der Waals surface area contributed by atoms with Gasteiger partial charge in [-0.15, -0.1) is 0 Å². The number of likely N-dealkylation sites (tertiary alicyclic amines) is 1. The zero-order chi connectivity index (χ0) is 13.0. The molecule has 18 heavy (non-hydrogen) atoms. The third-order valence-corrected chi connectivity index (χ3v) is 4.73. The van der Waals surface area contributed by atoms with E-state index in [0.717, 1.165) is 31.8 Å². The van der Waals surface area contributed by atoms with Gasteiger partial charge in [-0.2, -0.15) is 5.26 Å². The highest BCUT2D eigenvalue weighted by Crippen LogP contribution is 2.34. The highest BCUT2D eigenvalue weighted by Gasteiger charge is 2.40. The van der Waals surface area contributed by atoms with Gasteiger partial charge in [0.25, 0.3) is 0 Å². The van der Waals surface area contributed by atoms with Gasteiger partial charge in [0.2, 0.25) is 0 Å². The van der Waals surface area contributed by atoms with E-state index in [4.69, 9.17) is 0 Å². The number of nitrogens with zero attached hydrogens (tertiary/aromatic N) is 2. The van der Waals surface area contributed by atoms with Gasteiger partial charge in [-0.25, -0.2) is 0 Å². The molecule has 0 bridgehead atoms. The molecule has 1 saturated carbocycles. The van der Waals surface area contributed by atoms with Crippen molar-refractivity contribution in [3.63, 3.8) is 0 Å². The van der Waals surface area contributed by atoms with E-state index in [1.807, 2.05) is 0 Å². The summed E-state index contributed by atoms with van der Waals surface area (Å²) in [5.74, 6) is 0. The summed E-state index contributed by atoms with van der Waals surface area (Å²) in [5, 5.41) is 13.1. The van der Waals surface area contributed by atoms with Crippen LogP contribution in [0.5, 0.6) is 0 Å². The number of nitriles is 1. The lowest BCUT2D eigenvalue weighted by molar-refractivity contribution is 0.115. The first-order valence-electron chi connectivity index (χ1n) is 7.63. The monoisotopic (exact) mass is 249 g/mol. The summed E-state index contributed by atoms with van der Waals surface area (Å²) >= 11 is 0. The van der Waals surface area contributed by atoms with Crippen molar-refractivity contribution in [1.82, 2.24) is 10.2 Å². The molecule has 2 rings (SSSR count). The van der Waals surface area contributed by atoms with E-state index >= 15 is 0 Å². The molecule has 3 unspecified atom stereocenters. The van der Waals surface area contributed by atoms with Crippen LogP contribution in [0, 0.1) is 11.3 Å². The smallest absolute Gasteiger partial charge is 0.108 e. The largest absolute Gasteiger partial charge is 0.299 e. The maximum absolute atomic E-state index is 9.56. The van der Waals surface area contributed by atoms with Crippen LogP contribution in [0.2, 0.25) is 0 Å². The van der Waals surface area contributed by atoms with Gasteiger partial charge < -0.3 is 0 Å². The summed E-state index contributed by atoms with van der Waals surface area (Å²) in [6.07, 6.45) is 8.29. The van der Waals surface area contributed by atoms with Crippen LogP contribution in [-0.2, 0) is 0 Å². The number of hydrogen-bond donors (Lipinski definition) is 1. The third-order valence-electron chi connectivity index (χ3n) is 4.73. The molecule has 1 heterocycles. The van der Waals surface area contributed by atoms with E-state index in [0.29, 0.717) is 6.04 Å². The summed E-state index contributed by atoms with van der Waals surface area (Å²) in [5.41, 5.74) is -0.249. The van der Waals surface area contributed by atoms with Crippen LogP contribution >= 0.6 is 0 Å². The standard InChI is InChI=1S/C15H27N3/c1-3-9-17-15(12-16)8-4-7-14(11-15)18-10-5-6-13(18)2/h13-14,17H,3-11H2,1-2H3. The van der Waals surface area contributed by atoms with E-state index in [-0.39, 0.29) is 5.54 Å². The average molecular weight is 249 g/mol. The SMILES string of the molecule is CCCNC1(C#N)CCCC(N2CCCC2C)C1. The molecule has 0 spiro atoms. The molecule has 3 nitrogen and oxygen atoms in total. The van der Waals surface area contributed by atoms with Gasteiger partial charge in [-0.05, 0) is 65.0 Å². The molecular formula is C15H27N3. The van der Waals surface area contributed by atoms with Crippen LogP contribution in [-0.4, -0.2) is 35.6 Å². The van der Waals surface area contributed by atoms with E-state index < -0.39 is 0 Å². The fourth-order valence-corrected chi connectivity index (χ4v) is 3.69. The first kappa shape index (κ1) is 13.8. The Labute approximate surface area is 112 Å². The Kier molecular flexibility index (Phi) is 4.64. The molecule has 2 aliphatic rings. The molecule has 1 saturated heterocycles. The molecule has 0 aromatic carbocycles. The summed E-state index contributed by atoms with van der Waals surface area (Å²) < 4.78 is 0. The molecule has 3 atom stereocenters. The van der Waals surface area contributed by atoms with Crippen molar-refractivity contribution < 1.29 is 0 Å². The quantitative estimate of drug-likeness (QED) is 0.832. The van der Waals surface area contributed by atoms with Gasteiger partial charge in [0.1, 0.15) is 5.54 Å². The normalized spacial score (nSPS) is 37.6. The second kappa shape index (κ2) is 6.04. The third kappa shape index (κ3) is 2.87. The van der Waals surface area contributed by atoms with Gasteiger partial charge in [0, 0.05) is 12.1 Å². The van der Waals surface area contributed by atoms with E-state index in [9.17, 15) is 5.26 Å². The lowest BCUT2D eigenvalue weighted by Crippen LogP contribution is -2.53. The minimum atomic E-state index is -0.249.